The van der Waals surface area contributed by atoms with E-state index in [0.29, 0.717) is 13.1 Å². The minimum absolute atomic E-state index is 0.0438. The molecule has 0 radical (unpaired) electrons. The Labute approximate surface area is 146 Å². The Balaban J connectivity index is 2.01. The number of ether oxygens (including phenoxy) is 1. The van der Waals surface area contributed by atoms with E-state index in [1.54, 1.807) is 4.90 Å². The summed E-state index contributed by atoms with van der Waals surface area (Å²) in [6, 6.07) is 3.26. The summed E-state index contributed by atoms with van der Waals surface area (Å²) in [5.74, 6) is -0.206. The molecular weight excluding hydrogens is 350 g/mol. The monoisotopic (exact) mass is 371 g/mol. The molecule has 1 aromatic carbocycles. The zero-order valence-corrected chi connectivity index (χ0v) is 14.8. The second-order valence-electron chi connectivity index (χ2n) is 5.68. The summed E-state index contributed by atoms with van der Waals surface area (Å²) in [4.78, 5) is 23.7. The Morgan fingerprint density at radius 1 is 1.32 bits per heavy atom. The van der Waals surface area contributed by atoms with Gasteiger partial charge >= 0.3 is 0 Å². The van der Waals surface area contributed by atoms with Gasteiger partial charge < -0.3 is 9.64 Å². The van der Waals surface area contributed by atoms with Gasteiger partial charge in [-0.1, -0.05) is 0 Å². The zero-order valence-electron chi connectivity index (χ0n) is 13.9. The lowest BCUT2D eigenvalue weighted by molar-refractivity contribution is -0.385. The molecule has 1 aromatic rings. The van der Waals surface area contributed by atoms with Crippen LogP contribution in [0, 0.1) is 10.1 Å². The van der Waals surface area contributed by atoms with E-state index in [1.807, 2.05) is 0 Å². The van der Waals surface area contributed by atoms with Gasteiger partial charge in [0.1, 0.15) is 10.6 Å². The summed E-state index contributed by atoms with van der Waals surface area (Å²) in [6.45, 7) is 1.38. The maximum atomic E-state index is 12.4. The molecular formula is C15H21N3O6S. The smallest absolute Gasteiger partial charge is 0.273 e. The molecule has 0 aliphatic carbocycles. The van der Waals surface area contributed by atoms with E-state index < -0.39 is 14.9 Å². The number of benzene rings is 1. The highest BCUT2D eigenvalue weighted by Gasteiger charge is 2.23. The number of nitrogens with zero attached hydrogens (tertiary/aromatic N) is 2. The third-order valence-corrected chi connectivity index (χ3v) is 5.49. The average Bonchev–Trinajstić information content (AvgIpc) is 2.61. The lowest BCUT2D eigenvalue weighted by Gasteiger charge is -2.26. The Hall–Kier alpha value is -2.20. The topological polar surface area (TPSA) is 119 Å². The van der Waals surface area contributed by atoms with Crippen LogP contribution in [0.4, 0.5) is 5.69 Å². The van der Waals surface area contributed by atoms with Gasteiger partial charge in [-0.15, -0.1) is 0 Å². The fourth-order valence-electron chi connectivity index (χ4n) is 2.66. The van der Waals surface area contributed by atoms with Crippen molar-refractivity contribution < 1.29 is 22.9 Å². The van der Waals surface area contributed by atoms with Crippen LogP contribution in [-0.4, -0.2) is 50.9 Å². The molecule has 1 saturated heterocycles. The number of likely N-dealkylation sites (tertiary alicyclic amines) is 1. The molecule has 25 heavy (non-hydrogen) atoms. The van der Waals surface area contributed by atoms with Crippen molar-refractivity contribution in [3.63, 3.8) is 0 Å². The van der Waals surface area contributed by atoms with Crippen molar-refractivity contribution in [2.45, 2.75) is 30.6 Å². The Bertz CT molecular complexity index is 744. The molecule has 138 valence electrons. The van der Waals surface area contributed by atoms with E-state index in [-0.39, 0.29) is 35.2 Å². The van der Waals surface area contributed by atoms with Crippen LogP contribution in [0.25, 0.3) is 0 Å². The maximum Gasteiger partial charge on any atom is 0.273 e. The van der Waals surface area contributed by atoms with Crippen LogP contribution < -0.4 is 9.46 Å². The largest absolute Gasteiger partial charge is 0.495 e. The average molecular weight is 371 g/mol. The summed E-state index contributed by atoms with van der Waals surface area (Å²) in [5.41, 5.74) is -0.268. The second-order valence-corrected chi connectivity index (χ2v) is 7.42. The van der Waals surface area contributed by atoms with Gasteiger partial charge in [0.05, 0.1) is 18.1 Å². The maximum absolute atomic E-state index is 12.4. The number of non-ortho nitro benzene ring substituents is 1. The van der Waals surface area contributed by atoms with E-state index in [9.17, 15) is 23.3 Å². The first-order valence-corrected chi connectivity index (χ1v) is 9.43. The van der Waals surface area contributed by atoms with Gasteiger partial charge in [0, 0.05) is 32.1 Å². The van der Waals surface area contributed by atoms with Crippen molar-refractivity contribution in [3.8, 4) is 5.75 Å². The van der Waals surface area contributed by atoms with Crippen LogP contribution in [0.1, 0.15) is 25.7 Å². The van der Waals surface area contributed by atoms with Gasteiger partial charge in [0.2, 0.25) is 15.9 Å². The molecule has 0 spiro atoms. The number of rotatable bonds is 7. The number of amides is 1. The van der Waals surface area contributed by atoms with Crippen molar-refractivity contribution in [2.24, 2.45) is 0 Å². The normalized spacial score (nSPS) is 15.0. The van der Waals surface area contributed by atoms with Crippen molar-refractivity contribution in [2.75, 3.05) is 26.7 Å². The van der Waals surface area contributed by atoms with Gasteiger partial charge in [-0.2, -0.15) is 0 Å². The number of piperidine rings is 1. The summed E-state index contributed by atoms with van der Waals surface area (Å²) < 4.78 is 32.0. The molecule has 1 fully saturated rings. The molecule has 1 aliphatic heterocycles. The molecule has 1 N–H and O–H groups in total. The predicted molar refractivity (Wildman–Crippen MR) is 89.9 cm³/mol. The third kappa shape index (κ3) is 4.89. The first-order chi connectivity index (χ1) is 11.8. The summed E-state index contributed by atoms with van der Waals surface area (Å²) in [7, 11) is -2.71. The fourth-order valence-corrected chi connectivity index (χ4v) is 3.84. The molecule has 1 amide bonds. The predicted octanol–water partition coefficient (Wildman–Crippen LogP) is 1.28. The molecule has 0 bridgehead atoms. The number of hydrogen-bond acceptors (Lipinski definition) is 6. The van der Waals surface area contributed by atoms with E-state index in [4.69, 9.17) is 4.74 Å². The highest BCUT2D eigenvalue weighted by Crippen LogP contribution is 2.28. The molecule has 0 atom stereocenters. The van der Waals surface area contributed by atoms with Gasteiger partial charge in [0.25, 0.3) is 5.69 Å². The molecule has 2 rings (SSSR count). The van der Waals surface area contributed by atoms with E-state index in [0.717, 1.165) is 37.5 Å². The number of nitro groups is 1. The number of hydrogen-bond donors (Lipinski definition) is 1. The van der Waals surface area contributed by atoms with Crippen molar-refractivity contribution >= 4 is 21.6 Å². The quantitative estimate of drug-likeness (QED) is 0.570. The Morgan fingerprint density at radius 2 is 2.00 bits per heavy atom. The second kappa shape index (κ2) is 8.26. The molecule has 9 nitrogen and oxygen atoms in total. The number of carbonyl (C=O) groups excluding carboxylic acids is 1. The van der Waals surface area contributed by atoms with Crippen LogP contribution in [-0.2, 0) is 14.8 Å². The summed E-state index contributed by atoms with van der Waals surface area (Å²) >= 11 is 0. The number of carbonyl (C=O) groups is 1. The summed E-state index contributed by atoms with van der Waals surface area (Å²) in [6.07, 6.45) is 3.11. The fraction of sp³-hybridized carbons (Fsp3) is 0.533. The minimum atomic E-state index is -3.94. The number of methoxy groups -OCH3 is 1. The van der Waals surface area contributed by atoms with Crippen molar-refractivity contribution in [1.82, 2.24) is 9.62 Å². The van der Waals surface area contributed by atoms with E-state index >= 15 is 0 Å². The zero-order chi connectivity index (χ0) is 18.4. The van der Waals surface area contributed by atoms with Gasteiger partial charge in [-0.3, -0.25) is 14.9 Å². The molecule has 0 aromatic heterocycles. The molecule has 0 saturated carbocycles. The van der Waals surface area contributed by atoms with Crippen LogP contribution >= 0.6 is 0 Å². The first kappa shape index (κ1) is 19.1. The highest BCUT2D eigenvalue weighted by atomic mass is 32.2. The molecule has 1 heterocycles. The lowest BCUT2D eigenvalue weighted by Crippen LogP contribution is -2.37. The van der Waals surface area contributed by atoms with Crippen LogP contribution in [0.3, 0.4) is 0 Å². The van der Waals surface area contributed by atoms with Crippen molar-refractivity contribution in [1.29, 1.82) is 0 Å². The standard InChI is InChI=1S/C15H21N3O6S/c1-24-13-11-12(18(20)21)5-6-14(13)25(22,23)16-8-7-15(19)17-9-3-2-4-10-17/h5-6,11,16H,2-4,7-10H2,1H3. The number of nitro benzene ring substituents is 1. The van der Waals surface area contributed by atoms with Gasteiger partial charge in [-0.05, 0) is 25.3 Å². The van der Waals surface area contributed by atoms with Crippen molar-refractivity contribution in [3.05, 3.63) is 28.3 Å². The van der Waals surface area contributed by atoms with Gasteiger partial charge in [-0.25, -0.2) is 13.1 Å². The summed E-state index contributed by atoms with van der Waals surface area (Å²) in [5, 5.41) is 10.8. The molecule has 1 aliphatic rings. The minimum Gasteiger partial charge on any atom is -0.495 e. The SMILES string of the molecule is COc1cc([N+](=O)[O-])ccc1S(=O)(=O)NCCC(=O)N1CCCCC1. The first-order valence-electron chi connectivity index (χ1n) is 7.95. The van der Waals surface area contributed by atoms with Gasteiger partial charge in [0.15, 0.2) is 0 Å². The number of nitrogens with one attached hydrogen (secondary N) is 1. The van der Waals surface area contributed by atoms with Crippen LogP contribution in [0.15, 0.2) is 23.1 Å². The lowest BCUT2D eigenvalue weighted by atomic mass is 10.1. The Morgan fingerprint density at radius 3 is 2.60 bits per heavy atom. The molecule has 10 heteroatoms. The number of sulfonamides is 1. The molecule has 0 unspecified atom stereocenters. The Kier molecular flexibility index (Phi) is 6.32. The van der Waals surface area contributed by atoms with E-state index in [2.05, 4.69) is 4.72 Å². The highest BCUT2D eigenvalue weighted by molar-refractivity contribution is 7.89. The van der Waals surface area contributed by atoms with Crippen LogP contribution in [0.5, 0.6) is 5.75 Å². The third-order valence-electron chi connectivity index (χ3n) is 3.99. The van der Waals surface area contributed by atoms with E-state index in [1.165, 1.54) is 7.11 Å². The van der Waals surface area contributed by atoms with Crippen LogP contribution in [0.2, 0.25) is 0 Å².